The number of carbonyl (C=O) groups is 1. The Morgan fingerprint density at radius 1 is 1.40 bits per heavy atom. The number of carbonyl (C=O) groups excluding carboxylic acids is 1. The predicted octanol–water partition coefficient (Wildman–Crippen LogP) is 1.79. The highest BCUT2D eigenvalue weighted by atomic mass is 35.5. The van der Waals surface area contributed by atoms with E-state index in [0.29, 0.717) is 6.61 Å². The van der Waals surface area contributed by atoms with Crippen LogP contribution in [0.1, 0.15) is 12.8 Å². The first-order valence-corrected chi connectivity index (χ1v) is 6.17. The van der Waals surface area contributed by atoms with Gasteiger partial charge in [-0.3, -0.25) is 4.79 Å². The second kappa shape index (κ2) is 6.08. The second-order valence-electron chi connectivity index (χ2n) is 5.06. The van der Waals surface area contributed by atoms with Gasteiger partial charge in [0.05, 0.1) is 17.8 Å². The molecule has 1 aromatic carbocycles. The number of amides is 1. The lowest BCUT2D eigenvalue weighted by Gasteiger charge is -2.28. The summed E-state index contributed by atoms with van der Waals surface area (Å²) in [6.45, 7) is 1.55. The molecule has 3 N–H and O–H groups in total. The minimum Gasteiger partial charge on any atom is -0.490 e. The molecule has 0 unspecified atom stereocenters. The third kappa shape index (κ3) is 3.11. The van der Waals surface area contributed by atoms with Gasteiger partial charge >= 0.3 is 0 Å². The van der Waals surface area contributed by atoms with Crippen LogP contribution in [0.25, 0.3) is 0 Å². The fraction of sp³-hybridized carbons (Fsp3) is 0.462. The van der Waals surface area contributed by atoms with Crippen LogP contribution in [0.5, 0.6) is 5.75 Å². The standard InChI is InChI=1S/C13H17N3O2.2ClH/c1-16-6-7-18-11-3-2-9(8-10(11)16)15-12(17)13(14)4-5-13;;/h2-3,8H,4-7,14H2,1H3,(H,15,17);2*1H. The van der Waals surface area contributed by atoms with Gasteiger partial charge in [0.2, 0.25) is 5.91 Å². The molecule has 0 spiro atoms. The average molecular weight is 320 g/mol. The Bertz CT molecular complexity index is 506. The summed E-state index contributed by atoms with van der Waals surface area (Å²) in [5, 5.41) is 2.87. The Labute approximate surface area is 130 Å². The van der Waals surface area contributed by atoms with Gasteiger partial charge in [0.1, 0.15) is 12.4 Å². The molecule has 0 bridgehead atoms. The van der Waals surface area contributed by atoms with Gasteiger partial charge in [-0.05, 0) is 31.0 Å². The average Bonchev–Trinajstić information content (AvgIpc) is 3.10. The van der Waals surface area contributed by atoms with Crippen molar-refractivity contribution in [1.29, 1.82) is 0 Å². The molecule has 5 nitrogen and oxygen atoms in total. The minimum absolute atomic E-state index is 0. The molecule has 0 radical (unpaired) electrons. The van der Waals surface area contributed by atoms with E-state index in [1.54, 1.807) is 0 Å². The summed E-state index contributed by atoms with van der Waals surface area (Å²) in [7, 11) is 2.01. The van der Waals surface area contributed by atoms with Crippen LogP contribution in [-0.4, -0.2) is 31.6 Å². The molecule has 20 heavy (non-hydrogen) atoms. The number of benzene rings is 1. The number of hydrogen-bond acceptors (Lipinski definition) is 4. The molecule has 2 aliphatic rings. The first kappa shape index (κ1) is 16.9. The summed E-state index contributed by atoms with van der Waals surface area (Å²) in [5.74, 6) is 0.762. The summed E-state index contributed by atoms with van der Waals surface area (Å²) < 4.78 is 5.55. The van der Waals surface area contributed by atoms with Crippen LogP contribution >= 0.6 is 24.8 Å². The molecule has 1 amide bonds. The lowest BCUT2D eigenvalue weighted by molar-refractivity contribution is -0.118. The monoisotopic (exact) mass is 319 g/mol. The van der Waals surface area contributed by atoms with E-state index in [9.17, 15) is 4.79 Å². The van der Waals surface area contributed by atoms with E-state index in [1.807, 2.05) is 25.2 Å². The number of nitrogens with two attached hydrogens (primary N) is 1. The first-order chi connectivity index (χ1) is 8.58. The Morgan fingerprint density at radius 3 is 2.75 bits per heavy atom. The lowest BCUT2D eigenvalue weighted by Crippen LogP contribution is -2.38. The van der Waals surface area contributed by atoms with Crippen molar-refractivity contribution in [2.45, 2.75) is 18.4 Å². The van der Waals surface area contributed by atoms with Crippen molar-refractivity contribution in [1.82, 2.24) is 0 Å². The van der Waals surface area contributed by atoms with E-state index < -0.39 is 5.54 Å². The number of fused-ring (bicyclic) bond motifs is 1. The van der Waals surface area contributed by atoms with Gasteiger partial charge in [-0.25, -0.2) is 0 Å². The van der Waals surface area contributed by atoms with E-state index in [4.69, 9.17) is 10.5 Å². The Balaban J connectivity index is 0.000001000. The molecule has 1 heterocycles. The number of halogens is 2. The van der Waals surface area contributed by atoms with Gasteiger partial charge in [0.15, 0.2) is 0 Å². The van der Waals surface area contributed by atoms with Gasteiger partial charge in [-0.15, -0.1) is 24.8 Å². The van der Waals surface area contributed by atoms with Gasteiger partial charge in [-0.1, -0.05) is 0 Å². The molecule has 1 aromatic rings. The molecular weight excluding hydrogens is 301 g/mol. The third-order valence-corrected chi connectivity index (χ3v) is 3.55. The van der Waals surface area contributed by atoms with Crippen molar-refractivity contribution in [3.8, 4) is 5.75 Å². The van der Waals surface area contributed by atoms with Crippen molar-refractivity contribution >= 4 is 42.1 Å². The summed E-state index contributed by atoms with van der Waals surface area (Å²) >= 11 is 0. The van der Waals surface area contributed by atoms with E-state index in [0.717, 1.165) is 36.5 Å². The fourth-order valence-corrected chi connectivity index (χ4v) is 2.05. The van der Waals surface area contributed by atoms with E-state index in [1.165, 1.54) is 0 Å². The molecule has 0 atom stereocenters. The Kier molecular flexibility index (Phi) is 5.13. The molecule has 7 heteroatoms. The summed E-state index contributed by atoms with van der Waals surface area (Å²) in [5.41, 5.74) is 6.99. The van der Waals surface area contributed by atoms with E-state index in [-0.39, 0.29) is 30.7 Å². The fourth-order valence-electron chi connectivity index (χ4n) is 2.05. The Morgan fingerprint density at radius 2 is 2.10 bits per heavy atom. The number of hydrogen-bond donors (Lipinski definition) is 2. The maximum atomic E-state index is 11.9. The summed E-state index contributed by atoms with van der Waals surface area (Å²) in [6, 6.07) is 5.66. The van der Waals surface area contributed by atoms with Crippen LogP contribution < -0.4 is 20.7 Å². The molecule has 1 fully saturated rings. The molecular formula is C13H19Cl2N3O2. The zero-order valence-corrected chi connectivity index (χ0v) is 12.9. The third-order valence-electron chi connectivity index (χ3n) is 3.55. The molecule has 1 saturated carbocycles. The molecule has 1 aliphatic carbocycles. The Hall–Kier alpha value is -1.17. The van der Waals surface area contributed by atoms with Crippen molar-refractivity contribution in [2.24, 2.45) is 5.73 Å². The predicted molar refractivity (Wildman–Crippen MR) is 84.5 cm³/mol. The maximum Gasteiger partial charge on any atom is 0.244 e. The molecule has 0 saturated heterocycles. The van der Waals surface area contributed by atoms with Crippen molar-refractivity contribution < 1.29 is 9.53 Å². The first-order valence-electron chi connectivity index (χ1n) is 6.17. The summed E-state index contributed by atoms with van der Waals surface area (Å²) in [4.78, 5) is 14.0. The van der Waals surface area contributed by atoms with Crippen LogP contribution in [0.15, 0.2) is 18.2 Å². The zero-order chi connectivity index (χ0) is 12.8. The molecule has 0 aromatic heterocycles. The van der Waals surface area contributed by atoms with Gasteiger partial charge in [0, 0.05) is 12.7 Å². The number of likely N-dealkylation sites (N-methyl/N-ethyl adjacent to an activating group) is 1. The highest BCUT2D eigenvalue weighted by Crippen LogP contribution is 2.36. The minimum atomic E-state index is -0.641. The van der Waals surface area contributed by atoms with Crippen LogP contribution in [0.2, 0.25) is 0 Å². The van der Waals surface area contributed by atoms with Crippen LogP contribution in [-0.2, 0) is 4.79 Å². The molecule has 112 valence electrons. The van der Waals surface area contributed by atoms with Crippen LogP contribution in [0, 0.1) is 0 Å². The van der Waals surface area contributed by atoms with Crippen molar-refractivity contribution in [2.75, 3.05) is 30.4 Å². The maximum absolute atomic E-state index is 11.9. The summed E-state index contributed by atoms with van der Waals surface area (Å²) in [6.07, 6.45) is 1.54. The highest BCUT2D eigenvalue weighted by Gasteiger charge is 2.45. The van der Waals surface area contributed by atoms with Crippen LogP contribution in [0.3, 0.4) is 0 Å². The van der Waals surface area contributed by atoms with Gasteiger partial charge in [0.25, 0.3) is 0 Å². The van der Waals surface area contributed by atoms with Crippen LogP contribution in [0.4, 0.5) is 11.4 Å². The molecule has 3 rings (SSSR count). The number of anilines is 2. The number of ether oxygens (including phenoxy) is 1. The second-order valence-corrected chi connectivity index (χ2v) is 5.06. The van der Waals surface area contributed by atoms with Gasteiger partial charge in [-0.2, -0.15) is 0 Å². The van der Waals surface area contributed by atoms with Crippen molar-refractivity contribution in [3.63, 3.8) is 0 Å². The largest absolute Gasteiger partial charge is 0.490 e. The molecule has 1 aliphatic heterocycles. The number of nitrogens with zero attached hydrogens (tertiary/aromatic N) is 1. The number of rotatable bonds is 2. The zero-order valence-electron chi connectivity index (χ0n) is 11.2. The number of nitrogens with one attached hydrogen (secondary N) is 1. The normalized spacial score (nSPS) is 17.8. The quantitative estimate of drug-likeness (QED) is 0.872. The topological polar surface area (TPSA) is 67.6 Å². The van der Waals surface area contributed by atoms with Gasteiger partial charge < -0.3 is 20.7 Å². The lowest BCUT2D eigenvalue weighted by atomic mass is 10.2. The van der Waals surface area contributed by atoms with E-state index in [2.05, 4.69) is 10.2 Å². The van der Waals surface area contributed by atoms with E-state index >= 15 is 0 Å². The SMILES string of the molecule is CN1CCOc2ccc(NC(=O)C3(N)CC3)cc21.Cl.Cl. The smallest absolute Gasteiger partial charge is 0.244 e. The highest BCUT2D eigenvalue weighted by molar-refractivity contribution is 6.00. The van der Waals surface area contributed by atoms with Crippen molar-refractivity contribution in [3.05, 3.63) is 18.2 Å².